The van der Waals surface area contributed by atoms with Gasteiger partial charge in [0.05, 0.1) is 4.16 Å². The Labute approximate surface area is 137 Å². The zero-order chi connectivity index (χ0) is 15.4. The molecule has 1 unspecified atom stereocenters. The number of benzene rings is 2. The number of rotatable bonds is 0. The molecule has 0 aromatic heterocycles. The summed E-state index contributed by atoms with van der Waals surface area (Å²) >= 11 is 5.01. The third-order valence-corrected chi connectivity index (χ3v) is 5.68. The molecule has 2 aliphatic rings. The third kappa shape index (κ3) is 1.88. The van der Waals surface area contributed by atoms with Crippen LogP contribution in [0.2, 0.25) is 0 Å². The summed E-state index contributed by atoms with van der Waals surface area (Å²) in [5.74, 6) is -1.87. The van der Waals surface area contributed by atoms with Crippen LogP contribution in [0.5, 0.6) is 0 Å². The van der Waals surface area contributed by atoms with E-state index in [0.717, 1.165) is 16.2 Å². The van der Waals surface area contributed by atoms with Crippen molar-refractivity contribution >= 4 is 43.9 Å². The van der Waals surface area contributed by atoms with E-state index < -0.39 is 11.6 Å². The fraction of sp³-hybridized carbons (Fsp3) is 0.0588. The van der Waals surface area contributed by atoms with E-state index >= 15 is 0 Å². The van der Waals surface area contributed by atoms with Gasteiger partial charge in [0, 0.05) is 21.3 Å². The molecule has 0 amide bonds. The summed E-state index contributed by atoms with van der Waals surface area (Å²) in [6.45, 7) is 0. The van der Waals surface area contributed by atoms with Crippen molar-refractivity contribution in [3.63, 3.8) is 0 Å². The third-order valence-electron chi connectivity index (χ3n) is 3.82. The SMILES string of the molecule is OC1=c2ccccc2=C2SC(Br)C=C2c2c1ccc(F)c2F. The van der Waals surface area contributed by atoms with Crippen LogP contribution < -0.4 is 10.4 Å². The summed E-state index contributed by atoms with van der Waals surface area (Å²) < 4.78 is 28.2. The second-order valence-corrected chi connectivity index (χ2v) is 7.80. The Bertz CT molecular complexity index is 965. The van der Waals surface area contributed by atoms with Gasteiger partial charge in [-0.05, 0) is 22.9 Å². The first kappa shape index (κ1) is 14.0. The molecule has 0 saturated heterocycles. The standard InChI is InChI=1S/C17H9BrF2OS/c18-13-7-11-14-10(5-6-12(19)15(14)20)16(21)8-3-1-2-4-9(8)17(11)22-13/h1-7,13,21H. The van der Waals surface area contributed by atoms with Crippen molar-refractivity contribution in [3.05, 3.63) is 75.7 Å². The molecule has 4 rings (SSSR count). The van der Waals surface area contributed by atoms with Gasteiger partial charge in [0.2, 0.25) is 0 Å². The molecule has 0 radical (unpaired) electrons. The number of aliphatic hydroxyl groups is 1. The average molecular weight is 379 g/mol. The van der Waals surface area contributed by atoms with Gasteiger partial charge in [-0.2, -0.15) is 0 Å². The lowest BCUT2D eigenvalue weighted by Gasteiger charge is -2.10. The molecule has 1 nitrogen and oxygen atoms in total. The van der Waals surface area contributed by atoms with E-state index in [9.17, 15) is 13.9 Å². The van der Waals surface area contributed by atoms with E-state index in [0.29, 0.717) is 16.4 Å². The predicted molar refractivity (Wildman–Crippen MR) is 88.9 cm³/mol. The minimum Gasteiger partial charge on any atom is -0.507 e. The number of alkyl halides is 1. The highest BCUT2D eigenvalue weighted by atomic mass is 79.9. The first-order valence-corrected chi connectivity index (χ1v) is 8.41. The first-order valence-electron chi connectivity index (χ1n) is 6.62. The van der Waals surface area contributed by atoms with Gasteiger partial charge in [-0.3, -0.25) is 0 Å². The van der Waals surface area contributed by atoms with Gasteiger partial charge in [-0.1, -0.05) is 46.3 Å². The summed E-state index contributed by atoms with van der Waals surface area (Å²) in [5.41, 5.74) is 1.06. The number of halogens is 3. The number of aliphatic hydroxyl groups excluding tert-OH is 1. The monoisotopic (exact) mass is 378 g/mol. The fourth-order valence-corrected chi connectivity index (χ4v) is 4.72. The van der Waals surface area contributed by atoms with Crippen molar-refractivity contribution in [1.29, 1.82) is 0 Å². The molecule has 110 valence electrons. The maximum absolute atomic E-state index is 14.4. The van der Waals surface area contributed by atoms with E-state index in [1.807, 2.05) is 24.3 Å². The van der Waals surface area contributed by atoms with Crippen molar-refractivity contribution in [2.75, 3.05) is 0 Å². The fourth-order valence-electron chi connectivity index (χ4n) is 2.87. The Morgan fingerprint density at radius 1 is 1.05 bits per heavy atom. The lowest BCUT2D eigenvalue weighted by atomic mass is 9.98. The summed E-state index contributed by atoms with van der Waals surface area (Å²) in [6, 6.07) is 9.82. The van der Waals surface area contributed by atoms with Crippen LogP contribution in [0.4, 0.5) is 8.78 Å². The lowest BCUT2D eigenvalue weighted by Crippen LogP contribution is -2.27. The Morgan fingerprint density at radius 2 is 1.77 bits per heavy atom. The Balaban J connectivity index is 2.26. The van der Waals surface area contributed by atoms with Crippen molar-refractivity contribution in [2.24, 2.45) is 0 Å². The Hall–Kier alpha value is -1.59. The highest BCUT2D eigenvalue weighted by molar-refractivity contribution is 9.11. The summed E-state index contributed by atoms with van der Waals surface area (Å²) in [6.07, 6.45) is 1.84. The lowest BCUT2D eigenvalue weighted by molar-refractivity contribution is 0.493. The minimum atomic E-state index is -0.928. The van der Waals surface area contributed by atoms with Crippen LogP contribution in [0.1, 0.15) is 11.1 Å². The minimum absolute atomic E-state index is 0.0127. The van der Waals surface area contributed by atoms with Gasteiger partial charge in [-0.25, -0.2) is 8.78 Å². The van der Waals surface area contributed by atoms with E-state index in [2.05, 4.69) is 15.9 Å². The predicted octanol–water partition coefficient (Wildman–Crippen LogP) is 3.65. The Kier molecular flexibility index (Phi) is 3.16. The molecule has 1 N–H and O–H groups in total. The van der Waals surface area contributed by atoms with Crippen LogP contribution in [0.25, 0.3) is 16.2 Å². The second-order valence-electron chi connectivity index (χ2n) is 5.06. The number of fused-ring (bicyclic) bond motifs is 4. The van der Waals surface area contributed by atoms with Gasteiger partial charge in [0.15, 0.2) is 11.6 Å². The number of thioether (sulfide) groups is 1. The van der Waals surface area contributed by atoms with Crippen molar-refractivity contribution < 1.29 is 13.9 Å². The molecule has 5 heteroatoms. The van der Waals surface area contributed by atoms with Gasteiger partial charge in [0.25, 0.3) is 0 Å². The van der Waals surface area contributed by atoms with Gasteiger partial charge in [0.1, 0.15) is 5.76 Å². The quantitative estimate of drug-likeness (QED) is 0.706. The summed E-state index contributed by atoms with van der Waals surface area (Å²) in [7, 11) is 0. The zero-order valence-electron chi connectivity index (χ0n) is 11.1. The van der Waals surface area contributed by atoms with E-state index in [4.69, 9.17) is 0 Å². The number of hydrogen-bond acceptors (Lipinski definition) is 2. The maximum atomic E-state index is 14.4. The van der Waals surface area contributed by atoms with Crippen molar-refractivity contribution in [1.82, 2.24) is 0 Å². The van der Waals surface area contributed by atoms with E-state index in [1.54, 1.807) is 6.07 Å². The van der Waals surface area contributed by atoms with Crippen LogP contribution >= 0.6 is 27.7 Å². The molecule has 1 aliphatic heterocycles. The molecule has 22 heavy (non-hydrogen) atoms. The zero-order valence-corrected chi connectivity index (χ0v) is 13.5. The molecule has 2 aromatic rings. The molecule has 1 aliphatic carbocycles. The highest BCUT2D eigenvalue weighted by Crippen LogP contribution is 2.47. The summed E-state index contributed by atoms with van der Waals surface area (Å²) in [4.78, 5) is 0.840. The Morgan fingerprint density at radius 3 is 2.55 bits per heavy atom. The van der Waals surface area contributed by atoms with Crippen LogP contribution in [0, 0.1) is 11.6 Å². The van der Waals surface area contributed by atoms with Crippen LogP contribution in [0.15, 0.2) is 42.5 Å². The summed E-state index contributed by atoms with van der Waals surface area (Å²) in [5, 5.41) is 12.1. The largest absolute Gasteiger partial charge is 0.507 e. The van der Waals surface area contributed by atoms with Gasteiger partial charge in [-0.15, -0.1) is 11.8 Å². The number of hydrogen-bond donors (Lipinski definition) is 1. The topological polar surface area (TPSA) is 20.2 Å². The van der Waals surface area contributed by atoms with Crippen LogP contribution in [-0.4, -0.2) is 9.27 Å². The first-order chi connectivity index (χ1) is 10.6. The van der Waals surface area contributed by atoms with Crippen molar-refractivity contribution in [2.45, 2.75) is 4.16 Å². The van der Waals surface area contributed by atoms with Crippen LogP contribution in [0.3, 0.4) is 0 Å². The van der Waals surface area contributed by atoms with E-state index in [1.165, 1.54) is 17.8 Å². The van der Waals surface area contributed by atoms with E-state index in [-0.39, 0.29) is 15.5 Å². The maximum Gasteiger partial charge on any atom is 0.167 e. The highest BCUT2D eigenvalue weighted by Gasteiger charge is 2.30. The van der Waals surface area contributed by atoms with Gasteiger partial charge >= 0.3 is 0 Å². The van der Waals surface area contributed by atoms with Crippen molar-refractivity contribution in [3.8, 4) is 0 Å². The average Bonchev–Trinajstić information content (AvgIpc) is 2.86. The molecule has 2 aromatic carbocycles. The van der Waals surface area contributed by atoms with Gasteiger partial charge < -0.3 is 5.11 Å². The molecule has 1 atom stereocenters. The molecular formula is C17H9BrF2OS. The second kappa shape index (κ2) is 4.96. The molecule has 1 heterocycles. The molecular weight excluding hydrogens is 370 g/mol. The van der Waals surface area contributed by atoms with Crippen LogP contribution in [-0.2, 0) is 0 Å². The molecule has 0 fully saturated rings. The molecule has 0 saturated carbocycles. The normalized spacial score (nSPS) is 19.2. The molecule has 0 spiro atoms. The smallest absolute Gasteiger partial charge is 0.167 e. The molecule has 0 bridgehead atoms.